The van der Waals surface area contributed by atoms with E-state index in [0.717, 1.165) is 16.0 Å². The largest absolute Gasteiger partial charge is 0.493 e. The van der Waals surface area contributed by atoms with Crippen LogP contribution in [0.25, 0.3) is 0 Å². The van der Waals surface area contributed by atoms with Crippen LogP contribution in [0.1, 0.15) is 26.4 Å². The van der Waals surface area contributed by atoms with E-state index >= 15 is 0 Å². The highest BCUT2D eigenvalue weighted by Gasteiger charge is 2.20. The smallest absolute Gasteiger partial charge is 0.340 e. The second-order valence-electron chi connectivity index (χ2n) is 6.62. The number of carbonyl (C=O) groups excluding carboxylic acids is 2. The number of aryl methyl sites for hydroxylation is 1. The van der Waals surface area contributed by atoms with E-state index in [1.807, 2.05) is 48.7 Å². The summed E-state index contributed by atoms with van der Waals surface area (Å²) in [5.74, 6) is -0.0322. The molecule has 3 aromatic rings. The molecule has 0 unspecified atom stereocenters. The molecule has 0 spiro atoms. The summed E-state index contributed by atoms with van der Waals surface area (Å²) in [6, 6.07) is 14.6. The lowest BCUT2D eigenvalue weighted by Gasteiger charge is -2.15. The van der Waals surface area contributed by atoms with E-state index in [-0.39, 0.29) is 24.5 Å². The van der Waals surface area contributed by atoms with Gasteiger partial charge in [-0.15, -0.1) is 11.3 Å². The number of nitrogens with one attached hydrogen (secondary N) is 1. The average Bonchev–Trinajstić information content (AvgIpc) is 3.25. The number of anilines is 1. The third-order valence-corrected chi connectivity index (χ3v) is 5.30. The van der Waals surface area contributed by atoms with Crippen LogP contribution in [0.2, 0.25) is 0 Å². The minimum Gasteiger partial charge on any atom is -0.493 e. The lowest BCUT2D eigenvalue weighted by Crippen LogP contribution is -2.17. The Labute approximate surface area is 179 Å². The zero-order valence-corrected chi connectivity index (χ0v) is 17.9. The van der Waals surface area contributed by atoms with Crippen LogP contribution in [0, 0.1) is 6.92 Å². The van der Waals surface area contributed by atoms with Crippen molar-refractivity contribution in [1.29, 1.82) is 0 Å². The fraction of sp³-hybridized carbons (Fsp3) is 0.217. The van der Waals surface area contributed by atoms with Gasteiger partial charge in [0, 0.05) is 17.0 Å². The number of hydrogen-bond acceptors (Lipinski definition) is 6. The topological polar surface area (TPSA) is 73.9 Å². The Morgan fingerprint density at radius 3 is 2.33 bits per heavy atom. The molecule has 3 rings (SSSR count). The van der Waals surface area contributed by atoms with Crippen LogP contribution in [-0.4, -0.2) is 26.1 Å². The molecule has 1 heterocycles. The number of methoxy groups -OCH3 is 2. The van der Waals surface area contributed by atoms with Gasteiger partial charge in [0.05, 0.1) is 31.9 Å². The molecule has 156 valence electrons. The average molecular weight is 426 g/mol. The minimum absolute atomic E-state index is 0.121. The van der Waals surface area contributed by atoms with Gasteiger partial charge in [0.2, 0.25) is 5.91 Å². The summed E-state index contributed by atoms with van der Waals surface area (Å²) < 4.78 is 16.1. The van der Waals surface area contributed by atoms with E-state index < -0.39 is 5.97 Å². The first-order valence-corrected chi connectivity index (χ1v) is 10.2. The predicted octanol–water partition coefficient (Wildman–Crippen LogP) is 4.61. The number of carbonyl (C=O) groups is 2. The number of rotatable bonds is 8. The standard InChI is InChI=1S/C23H23NO5S/c1-15-6-8-16(9-7-15)14-29-23(26)18-12-20(27-2)21(28-3)13-19(18)24-22(25)11-17-5-4-10-30-17/h4-10,12-13H,11,14H2,1-3H3,(H,24,25). The number of thiophene rings is 1. The molecule has 0 aliphatic rings. The third-order valence-electron chi connectivity index (χ3n) is 4.42. The summed E-state index contributed by atoms with van der Waals surface area (Å²) in [5.41, 5.74) is 2.50. The third kappa shape index (κ3) is 5.39. The molecule has 1 aromatic heterocycles. The molecule has 30 heavy (non-hydrogen) atoms. The predicted molar refractivity (Wildman–Crippen MR) is 116 cm³/mol. The summed E-state index contributed by atoms with van der Waals surface area (Å²) in [6.45, 7) is 2.11. The minimum atomic E-state index is -0.567. The van der Waals surface area contributed by atoms with E-state index in [0.29, 0.717) is 17.2 Å². The van der Waals surface area contributed by atoms with E-state index in [4.69, 9.17) is 14.2 Å². The molecule has 1 N–H and O–H groups in total. The van der Waals surface area contributed by atoms with Crippen LogP contribution in [-0.2, 0) is 22.6 Å². The lowest BCUT2D eigenvalue weighted by molar-refractivity contribution is -0.115. The Balaban J connectivity index is 1.81. The quantitative estimate of drug-likeness (QED) is 0.534. The van der Waals surface area contributed by atoms with Gasteiger partial charge in [-0.1, -0.05) is 35.9 Å². The Bertz CT molecular complexity index is 1010. The summed E-state index contributed by atoms with van der Waals surface area (Å²) in [6.07, 6.45) is 0.212. The van der Waals surface area contributed by atoms with Gasteiger partial charge in [-0.2, -0.15) is 0 Å². The van der Waals surface area contributed by atoms with Crippen LogP contribution in [0.15, 0.2) is 53.9 Å². The first kappa shape index (κ1) is 21.4. The van der Waals surface area contributed by atoms with Gasteiger partial charge in [-0.05, 0) is 23.9 Å². The summed E-state index contributed by atoms with van der Waals surface area (Å²) in [4.78, 5) is 26.2. The van der Waals surface area contributed by atoms with Crippen molar-refractivity contribution in [2.24, 2.45) is 0 Å². The van der Waals surface area contributed by atoms with Crippen molar-refractivity contribution >= 4 is 28.9 Å². The molecule has 2 aromatic carbocycles. The molecular weight excluding hydrogens is 402 g/mol. The molecule has 0 aliphatic heterocycles. The molecule has 1 amide bonds. The van der Waals surface area contributed by atoms with E-state index in [9.17, 15) is 9.59 Å². The van der Waals surface area contributed by atoms with Crippen LogP contribution < -0.4 is 14.8 Å². The first-order chi connectivity index (χ1) is 14.5. The number of esters is 1. The van der Waals surface area contributed by atoms with Gasteiger partial charge in [0.1, 0.15) is 6.61 Å². The number of ether oxygens (including phenoxy) is 3. The van der Waals surface area contributed by atoms with E-state index in [2.05, 4.69) is 5.32 Å². The summed E-state index contributed by atoms with van der Waals surface area (Å²) in [7, 11) is 2.97. The maximum absolute atomic E-state index is 12.8. The van der Waals surface area contributed by atoms with Crippen LogP contribution >= 0.6 is 11.3 Å². The monoisotopic (exact) mass is 425 g/mol. The van der Waals surface area contributed by atoms with Crippen molar-refractivity contribution in [2.45, 2.75) is 20.0 Å². The zero-order valence-electron chi connectivity index (χ0n) is 17.1. The van der Waals surface area contributed by atoms with Crippen LogP contribution in [0.5, 0.6) is 11.5 Å². The molecular formula is C23H23NO5S. The molecule has 6 nitrogen and oxygen atoms in total. The summed E-state index contributed by atoms with van der Waals surface area (Å²) in [5, 5.41) is 4.70. The molecule has 7 heteroatoms. The SMILES string of the molecule is COc1cc(NC(=O)Cc2cccs2)c(C(=O)OCc2ccc(C)cc2)cc1OC. The fourth-order valence-electron chi connectivity index (χ4n) is 2.83. The number of benzene rings is 2. The Hall–Kier alpha value is -3.32. The lowest BCUT2D eigenvalue weighted by atomic mass is 10.1. The first-order valence-electron chi connectivity index (χ1n) is 9.31. The molecule has 0 bridgehead atoms. The van der Waals surface area contributed by atoms with E-state index in [1.165, 1.54) is 31.6 Å². The van der Waals surface area contributed by atoms with Crippen molar-refractivity contribution in [3.05, 3.63) is 75.5 Å². The van der Waals surface area contributed by atoms with Gasteiger partial charge in [-0.3, -0.25) is 4.79 Å². The Kier molecular flexibility index (Phi) is 7.08. The number of amides is 1. The van der Waals surface area contributed by atoms with Gasteiger partial charge in [-0.25, -0.2) is 4.79 Å². The van der Waals surface area contributed by atoms with Crippen molar-refractivity contribution in [3.8, 4) is 11.5 Å². The van der Waals surface area contributed by atoms with Gasteiger partial charge >= 0.3 is 5.97 Å². The molecule has 0 radical (unpaired) electrons. The van der Waals surface area contributed by atoms with Gasteiger partial charge in [0.15, 0.2) is 11.5 Å². The normalized spacial score (nSPS) is 10.4. The molecule has 0 aliphatic carbocycles. The highest BCUT2D eigenvalue weighted by atomic mass is 32.1. The summed E-state index contributed by atoms with van der Waals surface area (Å²) >= 11 is 1.50. The highest BCUT2D eigenvalue weighted by molar-refractivity contribution is 7.10. The molecule has 0 atom stereocenters. The maximum atomic E-state index is 12.8. The number of hydrogen-bond donors (Lipinski definition) is 1. The van der Waals surface area contributed by atoms with Gasteiger partial charge in [0.25, 0.3) is 0 Å². The molecule has 0 saturated carbocycles. The van der Waals surface area contributed by atoms with Crippen LogP contribution in [0.4, 0.5) is 5.69 Å². The fourth-order valence-corrected chi connectivity index (χ4v) is 3.53. The van der Waals surface area contributed by atoms with Crippen molar-refractivity contribution in [1.82, 2.24) is 0 Å². The van der Waals surface area contributed by atoms with E-state index in [1.54, 1.807) is 6.07 Å². The van der Waals surface area contributed by atoms with Crippen molar-refractivity contribution in [3.63, 3.8) is 0 Å². The maximum Gasteiger partial charge on any atom is 0.340 e. The second-order valence-corrected chi connectivity index (χ2v) is 7.65. The zero-order chi connectivity index (χ0) is 21.5. The molecule has 0 fully saturated rings. The van der Waals surface area contributed by atoms with Crippen molar-refractivity contribution < 1.29 is 23.8 Å². The highest BCUT2D eigenvalue weighted by Crippen LogP contribution is 2.34. The van der Waals surface area contributed by atoms with Crippen molar-refractivity contribution in [2.75, 3.05) is 19.5 Å². The Morgan fingerprint density at radius 1 is 1.00 bits per heavy atom. The van der Waals surface area contributed by atoms with Gasteiger partial charge < -0.3 is 19.5 Å². The molecule has 0 saturated heterocycles. The van der Waals surface area contributed by atoms with Crippen LogP contribution in [0.3, 0.4) is 0 Å². The second kappa shape index (κ2) is 9.93. The Morgan fingerprint density at radius 2 is 1.70 bits per heavy atom.